The van der Waals surface area contributed by atoms with Crippen LogP contribution in [0.2, 0.25) is 0 Å². The molecule has 36 heavy (non-hydrogen) atoms. The Balaban J connectivity index is 0.000000221. The van der Waals surface area contributed by atoms with E-state index in [9.17, 15) is 0 Å². The normalized spacial score (nSPS) is 27.4. The Bertz CT molecular complexity index is 1100. The molecule has 2 nitrogen and oxygen atoms in total. The monoisotopic (exact) mass is 681 g/mol. The number of hydrogen-bond donors (Lipinski definition) is 0. The van der Waals surface area contributed by atoms with E-state index in [2.05, 4.69) is 68.8 Å². The van der Waals surface area contributed by atoms with Crippen molar-refractivity contribution < 1.29 is 24.8 Å². The maximum Gasteiger partial charge on any atom is 0.269 e. The Morgan fingerprint density at radius 2 is 1.61 bits per heavy atom. The minimum atomic E-state index is -1.99. The van der Waals surface area contributed by atoms with E-state index < -0.39 is 9.13 Å². The molecule has 2 aromatic rings. The largest absolute Gasteiger partial charge is 0.476 e. The maximum absolute atomic E-state index is 8.16. The van der Waals surface area contributed by atoms with Gasteiger partial charge < -0.3 is 30.4 Å². The summed E-state index contributed by atoms with van der Waals surface area (Å²) in [5.41, 5.74) is 6.48. The van der Waals surface area contributed by atoms with Crippen molar-refractivity contribution in [2.45, 2.75) is 70.6 Å². The van der Waals surface area contributed by atoms with E-state index in [1.807, 2.05) is 12.1 Å². The van der Waals surface area contributed by atoms with Crippen molar-refractivity contribution in [3.8, 4) is 0 Å². The number of ether oxygens (including phenoxy) is 1. The van der Waals surface area contributed by atoms with E-state index >= 15 is 0 Å². The SMILES string of the molecule is C[CH-]C1[CH-]CC[CH-]C([CH-]C)CC1.[2H][PH+]([2H])c1cccc2c1[C@@]1(CCc3cccc(C4=NCCO4)c31)CC2.[Ir]. The van der Waals surface area contributed by atoms with Crippen molar-refractivity contribution >= 4 is 20.3 Å². The van der Waals surface area contributed by atoms with Crippen LogP contribution < -0.4 is 5.30 Å². The van der Waals surface area contributed by atoms with E-state index in [-0.39, 0.29) is 25.5 Å². The van der Waals surface area contributed by atoms with Crippen LogP contribution in [0.4, 0.5) is 0 Å². The zero-order valence-electron chi connectivity index (χ0n) is 23.7. The van der Waals surface area contributed by atoms with Gasteiger partial charge in [-0.3, -0.25) is 11.8 Å². The van der Waals surface area contributed by atoms with Crippen LogP contribution in [0.5, 0.6) is 0 Å². The second-order valence-electron chi connectivity index (χ2n) is 10.4. The van der Waals surface area contributed by atoms with Crippen molar-refractivity contribution in [1.29, 1.82) is 2.56 Å². The van der Waals surface area contributed by atoms with Gasteiger partial charge in [-0.25, -0.2) is 17.8 Å². The molecule has 1 saturated carbocycles. The molecule has 3 atom stereocenters. The van der Waals surface area contributed by atoms with Crippen molar-refractivity contribution in [3.05, 3.63) is 89.9 Å². The van der Waals surface area contributed by atoms with Gasteiger partial charge in [0.05, 0.1) is 11.8 Å². The molecule has 1 fully saturated rings. The predicted molar refractivity (Wildman–Crippen MR) is 152 cm³/mol. The molecule has 1 radical (unpaired) electrons. The van der Waals surface area contributed by atoms with Gasteiger partial charge in [0.2, 0.25) is 5.90 Å². The van der Waals surface area contributed by atoms with Crippen LogP contribution in [0.1, 0.15) is 80.2 Å². The second-order valence-corrected chi connectivity index (χ2v) is 11.0. The van der Waals surface area contributed by atoms with Crippen LogP contribution in [0.15, 0.2) is 41.4 Å². The summed E-state index contributed by atoms with van der Waals surface area (Å²) < 4.78 is 22.1. The molecule has 2 aromatic carbocycles. The van der Waals surface area contributed by atoms with E-state index in [1.165, 1.54) is 47.9 Å². The van der Waals surface area contributed by atoms with Crippen LogP contribution in [-0.4, -0.2) is 21.6 Å². The Kier molecular flexibility index (Phi) is 8.91. The Labute approximate surface area is 237 Å². The standard InChI is InChI=1S/C20H20NOP.C12H20.Ir/c23-16-6-2-4-14-8-10-20(18(14)16)9-7-13-3-1-5-15(17(13)20)19-21-11-12-22-19;1-3-11-7-5-6-8-12(4-2)10-9-11;/h1-6H,7-12,23H2;3-4,7-8,11-12H,5-6,9-10H2,1-2H3;/q;-4;/p+1/t20-;;/m0../s1/i23D2;;. The molecule has 3 aliphatic carbocycles. The quantitative estimate of drug-likeness (QED) is 0.266. The number of fused-ring (bicyclic) bond motifs is 4. The third-order valence-electron chi connectivity index (χ3n) is 8.51. The summed E-state index contributed by atoms with van der Waals surface area (Å²) in [7, 11) is -1.99. The van der Waals surface area contributed by atoms with Gasteiger partial charge in [0.15, 0.2) is 0 Å². The Morgan fingerprint density at radius 3 is 2.19 bits per heavy atom. The van der Waals surface area contributed by atoms with Gasteiger partial charge in [0.25, 0.3) is 2.56 Å². The predicted octanol–water partition coefficient (Wildman–Crippen LogP) is 6.52. The molecule has 0 bridgehead atoms. The zero-order valence-corrected chi connectivity index (χ0v) is 25.1. The fraction of sp³-hybridized carbons (Fsp3) is 0.469. The minimum absolute atomic E-state index is 0. The molecule has 1 aliphatic heterocycles. The summed E-state index contributed by atoms with van der Waals surface area (Å²) in [6.45, 7) is 5.76. The van der Waals surface area contributed by atoms with E-state index in [1.54, 1.807) is 0 Å². The topological polar surface area (TPSA) is 21.6 Å². The molecule has 0 amide bonds. The maximum atomic E-state index is 8.16. The molecule has 4 heteroatoms. The van der Waals surface area contributed by atoms with Gasteiger partial charge in [0, 0.05) is 45.8 Å². The molecule has 1 heterocycles. The first kappa shape index (κ1) is 25.3. The van der Waals surface area contributed by atoms with Crippen LogP contribution in [0.3, 0.4) is 0 Å². The van der Waals surface area contributed by atoms with Crippen molar-refractivity contribution in [1.82, 2.24) is 0 Å². The van der Waals surface area contributed by atoms with E-state index in [0.29, 0.717) is 6.61 Å². The number of aryl methyl sites for hydroxylation is 2. The van der Waals surface area contributed by atoms with Crippen LogP contribution in [-0.2, 0) is 43.1 Å². The molecule has 4 aliphatic rings. The number of benzene rings is 2. The van der Waals surface area contributed by atoms with Gasteiger partial charge >= 0.3 is 0 Å². The van der Waals surface area contributed by atoms with Gasteiger partial charge in [-0.1, -0.05) is 24.3 Å². The molecule has 6 rings (SSSR count). The summed E-state index contributed by atoms with van der Waals surface area (Å²) in [5, 5.41) is 0.969. The summed E-state index contributed by atoms with van der Waals surface area (Å²) >= 11 is 0. The third-order valence-corrected chi connectivity index (χ3v) is 8.93. The molecule has 0 saturated heterocycles. The van der Waals surface area contributed by atoms with Gasteiger partial charge in [-0.05, 0) is 54.5 Å². The van der Waals surface area contributed by atoms with Crippen molar-refractivity contribution in [2.24, 2.45) is 16.8 Å². The smallest absolute Gasteiger partial charge is 0.269 e. The average Bonchev–Trinajstić information content (AvgIpc) is 3.65. The third kappa shape index (κ3) is 5.55. The molecule has 0 aromatic heterocycles. The molecular weight excluding hydrogens is 638 g/mol. The number of nitrogens with zero attached hydrogens (tertiary/aromatic N) is 1. The molecule has 1 spiro atoms. The first-order valence-corrected chi connectivity index (χ1v) is 14.1. The van der Waals surface area contributed by atoms with E-state index in [4.69, 9.17) is 7.29 Å². The van der Waals surface area contributed by atoms with E-state index in [0.717, 1.165) is 60.8 Å². The molecule has 0 N–H and O–H groups in total. The summed E-state index contributed by atoms with van der Waals surface area (Å²) in [6.07, 6.45) is 19.0. The van der Waals surface area contributed by atoms with Crippen LogP contribution in [0.25, 0.3) is 0 Å². The first-order valence-electron chi connectivity index (χ1n) is 14.6. The fourth-order valence-electron chi connectivity index (χ4n) is 6.72. The zero-order chi connectivity index (χ0) is 25.8. The summed E-state index contributed by atoms with van der Waals surface area (Å²) in [4.78, 5) is 4.58. The fourth-order valence-corrected chi connectivity index (χ4v) is 7.21. The summed E-state index contributed by atoms with van der Waals surface area (Å²) in [6, 6.07) is 12.7. The van der Waals surface area contributed by atoms with Gasteiger partial charge in [0.1, 0.15) is 6.61 Å². The van der Waals surface area contributed by atoms with Crippen LogP contribution >= 0.6 is 9.13 Å². The number of rotatable bonds is 4. The molecule has 197 valence electrons. The number of aliphatic imine (C=N–C) groups is 1. The summed E-state index contributed by atoms with van der Waals surface area (Å²) in [5.74, 6) is 2.31. The van der Waals surface area contributed by atoms with Gasteiger partial charge in [-0.2, -0.15) is 13.8 Å². The molecule has 2 unspecified atom stereocenters. The number of hydrogen-bond acceptors (Lipinski definition) is 2. The average molecular weight is 681 g/mol. The van der Waals surface area contributed by atoms with Gasteiger partial charge in [-0.15, -0.1) is 12.8 Å². The Hall–Kier alpha value is -1.01. The van der Waals surface area contributed by atoms with Crippen molar-refractivity contribution in [3.63, 3.8) is 0 Å². The Morgan fingerprint density at radius 1 is 0.972 bits per heavy atom. The molecular formula is C32H41IrNOP-3. The van der Waals surface area contributed by atoms with Crippen molar-refractivity contribution in [2.75, 3.05) is 13.2 Å². The minimum Gasteiger partial charge on any atom is -0.476 e. The second kappa shape index (κ2) is 12.7. The first-order chi connectivity index (χ1) is 18.1. The van der Waals surface area contributed by atoms with Crippen LogP contribution in [0, 0.1) is 37.5 Å².